The third-order valence-electron chi connectivity index (χ3n) is 3.44. The summed E-state index contributed by atoms with van der Waals surface area (Å²) >= 11 is 7.64. The van der Waals surface area contributed by atoms with Crippen molar-refractivity contribution >= 4 is 34.2 Å². The molecule has 0 aliphatic heterocycles. The van der Waals surface area contributed by atoms with Crippen LogP contribution < -0.4 is 0 Å². The van der Waals surface area contributed by atoms with Crippen LogP contribution in [0, 0.1) is 21.0 Å². The zero-order valence-electron chi connectivity index (χ0n) is 11.6. The standard InChI is InChI=1S/C18H9ClF3I/c19-18-16(21)8-12(9-17(18)22)14-6-3-11(7-15(14)20)10-1-4-13(23)5-2-10/h1-9H. The van der Waals surface area contributed by atoms with E-state index in [2.05, 4.69) is 22.6 Å². The van der Waals surface area contributed by atoms with Crippen molar-refractivity contribution in [2.75, 3.05) is 0 Å². The Hall–Kier alpha value is -1.53. The first-order valence-corrected chi connectivity index (χ1v) is 8.12. The lowest BCUT2D eigenvalue weighted by atomic mass is 9.99. The zero-order valence-corrected chi connectivity index (χ0v) is 14.5. The van der Waals surface area contributed by atoms with E-state index in [1.54, 1.807) is 6.07 Å². The molecular formula is C18H9ClF3I. The minimum absolute atomic E-state index is 0.107. The number of hydrogen-bond donors (Lipinski definition) is 0. The van der Waals surface area contributed by atoms with E-state index >= 15 is 0 Å². The van der Waals surface area contributed by atoms with Gasteiger partial charge in [-0.25, -0.2) is 13.2 Å². The minimum atomic E-state index is -0.914. The lowest BCUT2D eigenvalue weighted by Gasteiger charge is -2.08. The Morgan fingerprint density at radius 3 is 1.74 bits per heavy atom. The summed E-state index contributed by atoms with van der Waals surface area (Å²) < 4.78 is 42.6. The number of rotatable bonds is 2. The molecule has 0 saturated heterocycles. The maximum atomic E-state index is 14.4. The van der Waals surface area contributed by atoms with Crippen molar-refractivity contribution in [1.29, 1.82) is 0 Å². The molecule has 3 rings (SSSR count). The summed E-state index contributed by atoms with van der Waals surface area (Å²) in [5.74, 6) is -2.38. The number of halogens is 5. The second kappa shape index (κ2) is 6.53. The third-order valence-corrected chi connectivity index (χ3v) is 4.52. The average molecular weight is 445 g/mol. The summed E-state index contributed by atoms with van der Waals surface area (Å²) in [5, 5.41) is -0.593. The molecule has 3 aromatic rings. The van der Waals surface area contributed by atoms with E-state index in [-0.39, 0.29) is 11.1 Å². The van der Waals surface area contributed by atoms with Gasteiger partial charge >= 0.3 is 0 Å². The van der Waals surface area contributed by atoms with Crippen LogP contribution in [0.3, 0.4) is 0 Å². The smallest absolute Gasteiger partial charge is 0.145 e. The molecule has 0 saturated carbocycles. The van der Waals surface area contributed by atoms with Crippen LogP contribution in [0.15, 0.2) is 54.6 Å². The van der Waals surface area contributed by atoms with Crippen LogP contribution in [0.1, 0.15) is 0 Å². The first-order chi connectivity index (χ1) is 11.0. The van der Waals surface area contributed by atoms with Crippen molar-refractivity contribution < 1.29 is 13.2 Å². The van der Waals surface area contributed by atoms with E-state index in [0.29, 0.717) is 5.56 Å². The van der Waals surface area contributed by atoms with Crippen LogP contribution in [0.2, 0.25) is 5.02 Å². The predicted molar refractivity (Wildman–Crippen MR) is 94.9 cm³/mol. The van der Waals surface area contributed by atoms with Gasteiger partial charge in [0.2, 0.25) is 0 Å². The van der Waals surface area contributed by atoms with Crippen LogP contribution >= 0.6 is 34.2 Å². The fourth-order valence-electron chi connectivity index (χ4n) is 2.28. The summed E-state index contributed by atoms with van der Waals surface area (Å²) in [4.78, 5) is 0. The molecule has 0 aliphatic carbocycles. The molecule has 0 fully saturated rings. The van der Waals surface area contributed by atoms with Gasteiger partial charge in [0.25, 0.3) is 0 Å². The Morgan fingerprint density at radius 1 is 0.652 bits per heavy atom. The molecule has 0 N–H and O–H groups in total. The van der Waals surface area contributed by atoms with Gasteiger partial charge in [0.05, 0.1) is 0 Å². The van der Waals surface area contributed by atoms with Crippen molar-refractivity contribution in [2.45, 2.75) is 0 Å². The van der Waals surface area contributed by atoms with E-state index < -0.39 is 22.5 Å². The van der Waals surface area contributed by atoms with E-state index in [1.807, 2.05) is 24.3 Å². The highest BCUT2D eigenvalue weighted by Crippen LogP contribution is 2.31. The minimum Gasteiger partial charge on any atom is -0.206 e. The molecule has 0 unspecified atom stereocenters. The van der Waals surface area contributed by atoms with Gasteiger partial charge in [0.15, 0.2) is 0 Å². The topological polar surface area (TPSA) is 0 Å². The summed E-state index contributed by atoms with van der Waals surface area (Å²) in [6.07, 6.45) is 0. The highest BCUT2D eigenvalue weighted by molar-refractivity contribution is 14.1. The third kappa shape index (κ3) is 3.38. The first kappa shape index (κ1) is 16.3. The van der Waals surface area contributed by atoms with Crippen molar-refractivity contribution in [2.24, 2.45) is 0 Å². The Morgan fingerprint density at radius 2 is 1.17 bits per heavy atom. The van der Waals surface area contributed by atoms with Crippen molar-refractivity contribution in [3.63, 3.8) is 0 Å². The van der Waals surface area contributed by atoms with Gasteiger partial charge in [-0.15, -0.1) is 0 Å². The molecule has 0 heterocycles. The van der Waals surface area contributed by atoms with Gasteiger partial charge in [0, 0.05) is 9.13 Å². The molecule has 0 aliphatic rings. The van der Waals surface area contributed by atoms with Crippen molar-refractivity contribution in [3.05, 3.63) is 80.6 Å². The highest BCUT2D eigenvalue weighted by Gasteiger charge is 2.13. The molecule has 0 amide bonds. The van der Waals surface area contributed by atoms with Gasteiger partial charge in [0.1, 0.15) is 22.5 Å². The average Bonchev–Trinajstić information content (AvgIpc) is 2.53. The molecule has 0 atom stereocenters. The molecule has 23 heavy (non-hydrogen) atoms. The molecular weight excluding hydrogens is 436 g/mol. The number of hydrogen-bond acceptors (Lipinski definition) is 0. The Kier molecular flexibility index (Phi) is 4.64. The Bertz CT molecular complexity index is 853. The van der Waals surface area contributed by atoms with E-state index in [4.69, 9.17) is 11.6 Å². The fourth-order valence-corrected chi connectivity index (χ4v) is 2.75. The molecule has 5 heteroatoms. The second-order valence-corrected chi connectivity index (χ2v) is 6.58. The lowest BCUT2D eigenvalue weighted by molar-refractivity contribution is 0.584. The van der Waals surface area contributed by atoms with Crippen LogP contribution in [0.5, 0.6) is 0 Å². The predicted octanol–water partition coefficient (Wildman–Crippen LogP) is 6.70. The maximum absolute atomic E-state index is 14.4. The monoisotopic (exact) mass is 444 g/mol. The lowest BCUT2D eigenvalue weighted by Crippen LogP contribution is -1.91. The summed E-state index contributed by atoms with van der Waals surface area (Å²) in [6.45, 7) is 0. The SMILES string of the molecule is Fc1cc(-c2ccc(I)cc2)ccc1-c1cc(F)c(Cl)c(F)c1. The van der Waals surface area contributed by atoms with Crippen LogP contribution in [0.25, 0.3) is 22.3 Å². The fraction of sp³-hybridized carbons (Fsp3) is 0. The molecule has 3 aromatic carbocycles. The van der Waals surface area contributed by atoms with E-state index in [0.717, 1.165) is 21.3 Å². The van der Waals surface area contributed by atoms with Crippen LogP contribution in [-0.2, 0) is 0 Å². The Labute approximate surface area is 150 Å². The molecule has 0 spiro atoms. The van der Waals surface area contributed by atoms with Gasteiger partial charge in [-0.3, -0.25) is 0 Å². The van der Waals surface area contributed by atoms with Gasteiger partial charge in [-0.1, -0.05) is 35.9 Å². The van der Waals surface area contributed by atoms with E-state index in [9.17, 15) is 13.2 Å². The van der Waals surface area contributed by atoms with Crippen molar-refractivity contribution in [1.82, 2.24) is 0 Å². The van der Waals surface area contributed by atoms with Crippen LogP contribution in [-0.4, -0.2) is 0 Å². The van der Waals surface area contributed by atoms with Gasteiger partial charge in [-0.2, -0.15) is 0 Å². The van der Waals surface area contributed by atoms with Crippen molar-refractivity contribution in [3.8, 4) is 22.3 Å². The summed E-state index contributed by atoms with van der Waals surface area (Å²) in [7, 11) is 0. The second-order valence-electron chi connectivity index (χ2n) is 4.96. The summed E-state index contributed by atoms with van der Waals surface area (Å²) in [6, 6.07) is 14.2. The van der Waals surface area contributed by atoms with E-state index in [1.165, 1.54) is 12.1 Å². The maximum Gasteiger partial charge on any atom is 0.145 e. The number of benzene rings is 3. The molecule has 0 aromatic heterocycles. The Balaban J connectivity index is 2.04. The normalized spacial score (nSPS) is 10.8. The van der Waals surface area contributed by atoms with Gasteiger partial charge < -0.3 is 0 Å². The molecule has 0 bridgehead atoms. The zero-order chi connectivity index (χ0) is 16.6. The van der Waals surface area contributed by atoms with Gasteiger partial charge in [-0.05, 0) is 69.6 Å². The molecule has 116 valence electrons. The van der Waals surface area contributed by atoms with Crippen LogP contribution in [0.4, 0.5) is 13.2 Å². The first-order valence-electron chi connectivity index (χ1n) is 6.66. The largest absolute Gasteiger partial charge is 0.206 e. The molecule has 0 radical (unpaired) electrons. The molecule has 0 nitrogen and oxygen atoms in total. The highest BCUT2D eigenvalue weighted by atomic mass is 127. The quantitative estimate of drug-likeness (QED) is 0.305. The summed E-state index contributed by atoms with van der Waals surface area (Å²) in [5.41, 5.74) is 1.78.